The Morgan fingerprint density at radius 2 is 1.55 bits per heavy atom. The molecule has 1 saturated heterocycles. The average molecular weight is 647 g/mol. The molecule has 2 unspecified atom stereocenters. The van der Waals surface area contributed by atoms with Gasteiger partial charge < -0.3 is 10.2 Å². The van der Waals surface area contributed by atoms with Gasteiger partial charge in [-0.2, -0.15) is 26.3 Å². The van der Waals surface area contributed by atoms with Crippen LogP contribution >= 0.6 is 0 Å². The van der Waals surface area contributed by atoms with Crippen LogP contribution in [0.15, 0.2) is 71.6 Å². The summed E-state index contributed by atoms with van der Waals surface area (Å²) in [6, 6.07) is 9.28. The van der Waals surface area contributed by atoms with Crippen molar-refractivity contribution < 1.29 is 53.1 Å². The van der Waals surface area contributed by atoms with E-state index in [2.05, 4.69) is 5.32 Å². The Hall–Kier alpha value is -4.01. The smallest absolute Gasteiger partial charge is 0.333 e. The number of amides is 2. The Kier molecular flexibility index (Phi) is 7.34. The Bertz CT molecular complexity index is 1740. The molecular weight excluding hydrogens is 624 g/mol. The van der Waals surface area contributed by atoms with E-state index >= 15 is 0 Å². The summed E-state index contributed by atoms with van der Waals surface area (Å²) < 4.78 is 136. The number of anilines is 1. The number of hydrogen-bond acceptors (Lipinski definition) is 4. The minimum Gasteiger partial charge on any atom is -0.333 e. The highest BCUT2D eigenvalue weighted by atomic mass is 32.2. The third-order valence-corrected chi connectivity index (χ3v) is 10.6. The van der Waals surface area contributed by atoms with E-state index in [-0.39, 0.29) is 41.4 Å². The summed E-state index contributed by atoms with van der Waals surface area (Å²) in [6.45, 7) is 1.05. The second-order valence-electron chi connectivity index (χ2n) is 10.6. The van der Waals surface area contributed by atoms with Gasteiger partial charge in [0.25, 0.3) is 5.91 Å². The summed E-state index contributed by atoms with van der Waals surface area (Å²) in [5, 5.41) is 2.50. The number of fused-ring (bicyclic) bond motifs is 3. The van der Waals surface area contributed by atoms with Gasteiger partial charge in [-0.15, -0.1) is 0 Å². The van der Waals surface area contributed by atoms with Gasteiger partial charge in [0.15, 0.2) is 9.84 Å². The maximum absolute atomic E-state index is 15.0. The van der Waals surface area contributed by atoms with E-state index < -0.39 is 73.2 Å². The highest BCUT2D eigenvalue weighted by Crippen LogP contribution is 2.57. The monoisotopic (exact) mass is 646 g/mol. The molecule has 1 heterocycles. The van der Waals surface area contributed by atoms with Crippen molar-refractivity contribution in [3.05, 3.63) is 94.8 Å². The number of alkyl halides is 7. The quantitative estimate of drug-likeness (QED) is 0.264. The predicted molar refractivity (Wildman–Crippen MR) is 140 cm³/mol. The van der Waals surface area contributed by atoms with Crippen LogP contribution in [0.1, 0.15) is 40.4 Å². The largest absolute Gasteiger partial charge is 0.435 e. The fourth-order valence-electron chi connectivity index (χ4n) is 6.16. The first-order chi connectivity index (χ1) is 20.3. The zero-order valence-corrected chi connectivity index (χ0v) is 23.4. The number of sulfone groups is 1. The third kappa shape index (κ3) is 4.63. The van der Waals surface area contributed by atoms with E-state index in [0.717, 1.165) is 35.2 Å². The predicted octanol–water partition coefficient (Wildman–Crippen LogP) is 6.21. The molecule has 44 heavy (non-hydrogen) atoms. The number of hydrogen-bond donors (Lipinski definition) is 1. The van der Waals surface area contributed by atoms with E-state index in [1.165, 1.54) is 31.2 Å². The van der Waals surface area contributed by atoms with E-state index in [4.69, 9.17) is 0 Å². The van der Waals surface area contributed by atoms with Crippen LogP contribution in [0.5, 0.6) is 0 Å². The normalized spacial score (nSPS) is 20.3. The van der Waals surface area contributed by atoms with Crippen LogP contribution in [-0.2, 0) is 31.5 Å². The number of benzene rings is 3. The van der Waals surface area contributed by atoms with Crippen molar-refractivity contribution in [1.29, 1.82) is 0 Å². The second-order valence-corrected chi connectivity index (χ2v) is 12.8. The van der Waals surface area contributed by atoms with E-state index in [1.807, 2.05) is 0 Å². The van der Waals surface area contributed by atoms with Crippen LogP contribution in [0.3, 0.4) is 0 Å². The van der Waals surface area contributed by atoms with Crippen molar-refractivity contribution in [3.63, 3.8) is 0 Å². The lowest BCUT2D eigenvalue weighted by Crippen LogP contribution is -2.50. The molecule has 234 valence electrons. The molecule has 1 aliphatic heterocycles. The van der Waals surface area contributed by atoms with Gasteiger partial charge in [-0.05, 0) is 66.4 Å². The van der Waals surface area contributed by atoms with Crippen LogP contribution in [-0.4, -0.2) is 50.1 Å². The molecule has 1 N–H and O–H groups in total. The van der Waals surface area contributed by atoms with Gasteiger partial charge in [0.05, 0.1) is 10.9 Å². The molecule has 2 aliphatic rings. The second kappa shape index (κ2) is 10.3. The number of carbonyl (C=O) groups is 2. The van der Waals surface area contributed by atoms with E-state index in [9.17, 15) is 53.1 Å². The van der Waals surface area contributed by atoms with Crippen molar-refractivity contribution in [1.82, 2.24) is 4.90 Å². The summed E-state index contributed by atoms with van der Waals surface area (Å²) in [7, 11) is -4.60. The molecule has 0 radical (unpaired) electrons. The van der Waals surface area contributed by atoms with Crippen molar-refractivity contribution in [2.45, 2.75) is 53.5 Å². The summed E-state index contributed by atoms with van der Waals surface area (Å²) >= 11 is 0. The van der Waals surface area contributed by atoms with Crippen LogP contribution in [0, 0.1) is 5.82 Å². The maximum Gasteiger partial charge on any atom is 0.435 e. The van der Waals surface area contributed by atoms with Crippen molar-refractivity contribution in [3.8, 4) is 0 Å². The topological polar surface area (TPSA) is 83.6 Å². The number of rotatable bonds is 5. The van der Waals surface area contributed by atoms with Crippen LogP contribution in [0.4, 0.5) is 40.8 Å². The summed E-state index contributed by atoms with van der Waals surface area (Å²) in [4.78, 5) is 26.0. The van der Waals surface area contributed by atoms with Crippen molar-refractivity contribution >= 4 is 27.3 Å². The summed E-state index contributed by atoms with van der Waals surface area (Å²) in [5.74, 6) is -1.93. The van der Waals surface area contributed by atoms with Gasteiger partial charge >= 0.3 is 18.0 Å². The maximum atomic E-state index is 15.0. The lowest BCUT2D eigenvalue weighted by molar-refractivity contribution is -0.348. The molecule has 6 nitrogen and oxygen atoms in total. The zero-order valence-electron chi connectivity index (χ0n) is 22.6. The molecule has 3 aromatic rings. The van der Waals surface area contributed by atoms with Crippen molar-refractivity contribution in [2.75, 3.05) is 11.9 Å². The highest BCUT2D eigenvalue weighted by molar-refractivity contribution is 7.92. The van der Waals surface area contributed by atoms with Gasteiger partial charge in [-0.1, -0.05) is 24.3 Å². The first kappa shape index (κ1) is 31.4. The van der Waals surface area contributed by atoms with Gasteiger partial charge in [0.2, 0.25) is 5.91 Å². The molecule has 3 aromatic carbocycles. The standard InChI is InChI=1S/C29H22F8N2O4S/c1-16(40)38-21-4-2-3-17(14-21)25(41)39-12-11-26(44(42,43)22-8-6-20(30)7-9-22)23-10-5-19(13-18(23)15-24(26)39)27(31,28(32,33)34)29(35,36)37/h2-10,13-14,24H,11-12,15H2,1H3,(H,38,40). The first-order valence-corrected chi connectivity index (χ1v) is 14.5. The van der Waals surface area contributed by atoms with Crippen molar-refractivity contribution in [2.24, 2.45) is 0 Å². The Balaban J connectivity index is 1.67. The van der Waals surface area contributed by atoms with Crippen LogP contribution in [0.25, 0.3) is 0 Å². The number of carbonyl (C=O) groups excluding carboxylic acids is 2. The Morgan fingerprint density at radius 1 is 0.909 bits per heavy atom. The third-order valence-electron chi connectivity index (χ3n) is 8.09. The molecule has 2 amide bonds. The molecule has 1 fully saturated rings. The SMILES string of the molecule is CC(=O)Nc1cccc(C(=O)N2CCC3(S(=O)(=O)c4ccc(F)cc4)c4ccc(C(F)(C(F)(F)F)C(F)(F)F)cc4CC23)c1. The minimum absolute atomic E-state index is 0.0137. The molecule has 0 saturated carbocycles. The lowest BCUT2D eigenvalue weighted by Gasteiger charge is -2.33. The first-order valence-electron chi connectivity index (χ1n) is 13.0. The molecule has 2 atom stereocenters. The van der Waals surface area contributed by atoms with E-state index in [0.29, 0.717) is 6.07 Å². The van der Waals surface area contributed by atoms with Gasteiger partial charge in [-0.3, -0.25) is 9.59 Å². The molecule has 1 aliphatic carbocycles. The van der Waals surface area contributed by atoms with E-state index in [1.54, 1.807) is 0 Å². The number of likely N-dealkylation sites (tertiary alicyclic amines) is 1. The summed E-state index contributed by atoms with van der Waals surface area (Å²) in [5.41, 5.74) is -7.80. The molecule has 5 rings (SSSR count). The fourth-order valence-corrected chi connectivity index (χ4v) is 8.49. The summed E-state index contributed by atoms with van der Waals surface area (Å²) in [6.07, 6.45) is -13.6. The van der Waals surface area contributed by atoms with Crippen LogP contribution in [0.2, 0.25) is 0 Å². The Morgan fingerprint density at radius 3 is 2.14 bits per heavy atom. The molecular formula is C29H22F8N2O4S. The average Bonchev–Trinajstić information content (AvgIpc) is 3.46. The van der Waals surface area contributed by atoms with Crippen LogP contribution < -0.4 is 5.32 Å². The molecule has 15 heteroatoms. The molecule has 0 bridgehead atoms. The molecule has 0 spiro atoms. The molecule has 0 aromatic heterocycles. The number of halogens is 8. The van der Waals surface area contributed by atoms with Gasteiger partial charge in [0.1, 0.15) is 10.6 Å². The Labute approximate surface area is 245 Å². The minimum atomic E-state index is -6.40. The van der Waals surface area contributed by atoms with Gasteiger partial charge in [-0.25, -0.2) is 17.2 Å². The highest BCUT2D eigenvalue weighted by Gasteiger charge is 2.74. The number of nitrogens with one attached hydrogen (secondary N) is 1. The number of nitrogens with zero attached hydrogens (tertiary/aromatic N) is 1. The van der Waals surface area contributed by atoms with Gasteiger partial charge in [0, 0.05) is 30.3 Å². The fraction of sp³-hybridized carbons (Fsp3) is 0.310. The lowest BCUT2D eigenvalue weighted by atomic mass is 9.90. The zero-order chi connectivity index (χ0) is 32.5.